The van der Waals surface area contributed by atoms with E-state index in [2.05, 4.69) is 46.1 Å². The Hall–Kier alpha value is -0.250. The third kappa shape index (κ3) is 4.37. The molecule has 0 saturated carbocycles. The van der Waals surface area contributed by atoms with Crippen molar-refractivity contribution in [2.75, 3.05) is 25.0 Å². The van der Waals surface area contributed by atoms with Gasteiger partial charge in [0.1, 0.15) is 0 Å². The highest BCUT2D eigenvalue weighted by atomic mass is 79.9. The number of hydrogen-bond donors (Lipinski definition) is 1. The van der Waals surface area contributed by atoms with E-state index in [-0.39, 0.29) is 0 Å². The fraction of sp³-hybridized carbons (Fsp3) is 0.625. The van der Waals surface area contributed by atoms with Crippen molar-refractivity contribution in [3.05, 3.63) is 27.7 Å². The summed E-state index contributed by atoms with van der Waals surface area (Å²) in [6.45, 7) is 8.28. The molecule has 112 valence electrons. The first-order valence-electron chi connectivity index (χ1n) is 7.54. The summed E-state index contributed by atoms with van der Waals surface area (Å²) < 4.78 is 1.04. The molecule has 1 saturated heterocycles. The van der Waals surface area contributed by atoms with Crippen molar-refractivity contribution < 1.29 is 0 Å². The molecule has 1 unspecified atom stereocenters. The van der Waals surface area contributed by atoms with Crippen molar-refractivity contribution in [1.29, 1.82) is 0 Å². The van der Waals surface area contributed by atoms with Gasteiger partial charge in [0, 0.05) is 21.2 Å². The lowest BCUT2D eigenvalue weighted by Crippen LogP contribution is -2.39. The minimum absolute atomic E-state index is 0.497. The molecule has 0 spiro atoms. The Morgan fingerprint density at radius 1 is 1.40 bits per heavy atom. The Bertz CT molecular complexity index is 430. The monoisotopic (exact) mass is 358 g/mol. The summed E-state index contributed by atoms with van der Waals surface area (Å²) in [5, 5.41) is 4.40. The van der Waals surface area contributed by atoms with Crippen LogP contribution in [0.4, 0.5) is 5.69 Å². The molecule has 0 radical (unpaired) electrons. The average molecular weight is 360 g/mol. The summed E-state index contributed by atoms with van der Waals surface area (Å²) in [7, 11) is 0. The number of nitrogens with one attached hydrogen (secondary N) is 1. The van der Waals surface area contributed by atoms with E-state index in [1.165, 1.54) is 38.9 Å². The van der Waals surface area contributed by atoms with E-state index in [9.17, 15) is 0 Å². The number of rotatable bonds is 5. The van der Waals surface area contributed by atoms with Crippen LogP contribution in [0.15, 0.2) is 22.7 Å². The van der Waals surface area contributed by atoms with Crippen LogP contribution in [0.3, 0.4) is 0 Å². The van der Waals surface area contributed by atoms with Crippen LogP contribution in [0.2, 0.25) is 5.02 Å². The van der Waals surface area contributed by atoms with Crippen molar-refractivity contribution in [2.24, 2.45) is 5.92 Å². The largest absolute Gasteiger partial charge is 0.381 e. The van der Waals surface area contributed by atoms with Crippen LogP contribution in [-0.4, -0.2) is 30.6 Å². The van der Waals surface area contributed by atoms with Crippen LogP contribution in [0.1, 0.15) is 33.1 Å². The topological polar surface area (TPSA) is 15.3 Å². The number of piperidine rings is 1. The third-order valence-corrected chi connectivity index (χ3v) is 5.08. The van der Waals surface area contributed by atoms with E-state index in [1.54, 1.807) is 0 Å². The Morgan fingerprint density at radius 3 is 2.70 bits per heavy atom. The van der Waals surface area contributed by atoms with Gasteiger partial charge >= 0.3 is 0 Å². The van der Waals surface area contributed by atoms with Crippen molar-refractivity contribution in [3.8, 4) is 0 Å². The molecule has 1 heterocycles. The molecule has 4 heteroatoms. The van der Waals surface area contributed by atoms with Gasteiger partial charge in [-0.15, -0.1) is 0 Å². The molecule has 1 aromatic rings. The zero-order valence-electron chi connectivity index (χ0n) is 12.3. The Kier molecular flexibility index (Phi) is 6.19. The quantitative estimate of drug-likeness (QED) is 0.793. The first-order valence-corrected chi connectivity index (χ1v) is 8.71. The number of hydrogen-bond acceptors (Lipinski definition) is 2. The van der Waals surface area contributed by atoms with Crippen LogP contribution in [-0.2, 0) is 0 Å². The van der Waals surface area contributed by atoms with Crippen molar-refractivity contribution in [3.63, 3.8) is 0 Å². The maximum Gasteiger partial charge on any atom is 0.0487 e. The van der Waals surface area contributed by atoms with Crippen LogP contribution in [0.25, 0.3) is 0 Å². The summed E-state index contributed by atoms with van der Waals surface area (Å²) in [5.74, 6) is 0.755. The highest BCUT2D eigenvalue weighted by Gasteiger charge is 2.23. The fourth-order valence-corrected chi connectivity index (χ4v) is 3.76. The molecule has 1 fully saturated rings. The number of anilines is 1. The van der Waals surface area contributed by atoms with Crippen molar-refractivity contribution in [2.45, 2.75) is 39.2 Å². The highest BCUT2D eigenvalue weighted by Crippen LogP contribution is 2.29. The van der Waals surface area contributed by atoms with E-state index >= 15 is 0 Å². The van der Waals surface area contributed by atoms with Crippen LogP contribution in [0, 0.1) is 5.92 Å². The molecule has 1 aliphatic rings. The molecule has 2 rings (SSSR count). The normalized spacial score (nSPS) is 19.0. The van der Waals surface area contributed by atoms with Gasteiger partial charge in [-0.1, -0.05) is 18.5 Å². The lowest BCUT2D eigenvalue weighted by atomic mass is 9.90. The fourth-order valence-electron chi connectivity index (χ4n) is 2.96. The van der Waals surface area contributed by atoms with E-state index in [4.69, 9.17) is 11.6 Å². The van der Waals surface area contributed by atoms with Crippen molar-refractivity contribution >= 4 is 33.2 Å². The molecule has 2 nitrogen and oxygen atoms in total. The summed E-state index contributed by atoms with van der Waals surface area (Å²) in [5.41, 5.74) is 1.14. The van der Waals surface area contributed by atoms with E-state index in [1.807, 2.05) is 12.1 Å². The maximum atomic E-state index is 5.98. The van der Waals surface area contributed by atoms with Crippen LogP contribution in [0.5, 0.6) is 0 Å². The van der Waals surface area contributed by atoms with Gasteiger partial charge in [-0.3, -0.25) is 0 Å². The third-order valence-electron chi connectivity index (χ3n) is 4.19. The van der Waals surface area contributed by atoms with Gasteiger partial charge in [0.2, 0.25) is 0 Å². The summed E-state index contributed by atoms with van der Waals surface area (Å²) in [6, 6.07) is 6.43. The molecule has 0 aliphatic carbocycles. The second-order valence-corrected chi connectivity index (χ2v) is 7.03. The van der Waals surface area contributed by atoms with Crippen LogP contribution >= 0.6 is 27.5 Å². The van der Waals surface area contributed by atoms with E-state index in [0.29, 0.717) is 6.04 Å². The predicted molar refractivity (Wildman–Crippen MR) is 91.7 cm³/mol. The molecule has 20 heavy (non-hydrogen) atoms. The Morgan fingerprint density at radius 2 is 2.10 bits per heavy atom. The molecule has 1 N–H and O–H groups in total. The first-order chi connectivity index (χ1) is 9.60. The lowest BCUT2D eigenvalue weighted by molar-refractivity contribution is 0.176. The smallest absolute Gasteiger partial charge is 0.0487 e. The zero-order valence-corrected chi connectivity index (χ0v) is 14.7. The average Bonchev–Trinajstić information content (AvgIpc) is 2.43. The summed E-state index contributed by atoms with van der Waals surface area (Å²) in [6.07, 6.45) is 3.84. The van der Waals surface area contributed by atoms with Gasteiger partial charge in [-0.05, 0) is 85.9 Å². The SMILES string of the molecule is CCCN1CCC(C(C)Nc2ccc(Cl)cc2Br)CC1. The molecule has 1 aliphatic heterocycles. The Labute approximate surface area is 136 Å². The molecule has 0 aromatic heterocycles. The summed E-state index contributed by atoms with van der Waals surface area (Å²) >= 11 is 9.56. The Balaban J connectivity index is 1.87. The van der Waals surface area contributed by atoms with Gasteiger partial charge < -0.3 is 10.2 Å². The maximum absolute atomic E-state index is 5.98. The minimum atomic E-state index is 0.497. The minimum Gasteiger partial charge on any atom is -0.381 e. The molecule has 1 atom stereocenters. The molecule has 0 amide bonds. The zero-order chi connectivity index (χ0) is 14.5. The second kappa shape index (κ2) is 7.67. The van der Waals surface area contributed by atoms with Gasteiger partial charge in [-0.25, -0.2) is 0 Å². The molecule has 1 aromatic carbocycles. The lowest BCUT2D eigenvalue weighted by Gasteiger charge is -2.35. The number of likely N-dealkylation sites (tertiary alicyclic amines) is 1. The standard InChI is InChI=1S/C16H24BrClN2/c1-3-8-20-9-6-13(7-10-20)12(2)19-16-5-4-14(18)11-15(16)17/h4-5,11-13,19H,3,6-10H2,1-2H3. The van der Waals surface area contributed by atoms with E-state index in [0.717, 1.165) is 21.1 Å². The van der Waals surface area contributed by atoms with Gasteiger partial charge in [0.25, 0.3) is 0 Å². The van der Waals surface area contributed by atoms with E-state index < -0.39 is 0 Å². The van der Waals surface area contributed by atoms with Gasteiger partial charge in [0.05, 0.1) is 0 Å². The van der Waals surface area contributed by atoms with Gasteiger partial charge in [-0.2, -0.15) is 0 Å². The molecular formula is C16H24BrClN2. The predicted octanol–water partition coefficient (Wildman–Crippen LogP) is 5.02. The first kappa shape index (κ1) is 16.1. The number of halogens is 2. The second-order valence-electron chi connectivity index (χ2n) is 5.74. The molecular weight excluding hydrogens is 336 g/mol. The van der Waals surface area contributed by atoms with Crippen LogP contribution < -0.4 is 5.32 Å². The number of benzene rings is 1. The highest BCUT2D eigenvalue weighted by molar-refractivity contribution is 9.10. The molecule has 0 bridgehead atoms. The van der Waals surface area contributed by atoms with Gasteiger partial charge in [0.15, 0.2) is 0 Å². The number of nitrogens with zero attached hydrogens (tertiary/aromatic N) is 1. The summed E-state index contributed by atoms with van der Waals surface area (Å²) in [4.78, 5) is 2.58. The van der Waals surface area contributed by atoms with Crippen molar-refractivity contribution in [1.82, 2.24) is 4.90 Å².